The molecule has 0 bridgehead atoms. The quantitative estimate of drug-likeness (QED) is 0.271. The number of ether oxygens (including phenoxy) is 1. The maximum absolute atomic E-state index is 13.2. The van der Waals surface area contributed by atoms with Crippen LogP contribution in [-0.2, 0) is 11.8 Å². The molecule has 1 N–H and O–H groups in total. The number of pyridine rings is 1. The molecule has 3 aromatic heterocycles. The van der Waals surface area contributed by atoms with Crippen LogP contribution in [0.15, 0.2) is 73.0 Å². The highest BCUT2D eigenvalue weighted by atomic mass is 16.5. The molecule has 0 spiro atoms. The maximum atomic E-state index is 13.2. The van der Waals surface area contributed by atoms with Gasteiger partial charge in [0.1, 0.15) is 29.5 Å². The summed E-state index contributed by atoms with van der Waals surface area (Å²) in [5, 5.41) is 4.20. The summed E-state index contributed by atoms with van der Waals surface area (Å²) < 4.78 is 8.15. The third-order valence-electron chi connectivity index (χ3n) is 7.53. The van der Waals surface area contributed by atoms with Crippen molar-refractivity contribution in [2.24, 2.45) is 7.05 Å². The summed E-state index contributed by atoms with van der Waals surface area (Å²) in [6.07, 6.45) is 7.72. The molecule has 1 atom stereocenters. The van der Waals surface area contributed by atoms with Gasteiger partial charge in [0.05, 0.1) is 29.1 Å². The van der Waals surface area contributed by atoms with Gasteiger partial charge in [-0.2, -0.15) is 0 Å². The molecule has 6 rings (SSSR count). The van der Waals surface area contributed by atoms with Gasteiger partial charge in [-0.25, -0.2) is 19.9 Å². The van der Waals surface area contributed by atoms with Gasteiger partial charge in [-0.3, -0.25) is 9.69 Å². The Kier molecular flexibility index (Phi) is 6.84. The number of anilines is 3. The number of likely N-dealkylation sites (N-methyl/N-ethyl adjacent to an activating group) is 1. The van der Waals surface area contributed by atoms with E-state index in [9.17, 15) is 4.79 Å². The van der Waals surface area contributed by atoms with Crippen molar-refractivity contribution in [2.75, 3.05) is 30.9 Å². The lowest BCUT2D eigenvalue weighted by molar-refractivity contribution is -0.114. The lowest BCUT2D eigenvalue weighted by atomic mass is 10.1. The van der Waals surface area contributed by atoms with Crippen LogP contribution in [0.1, 0.15) is 18.9 Å². The molecule has 1 amide bonds. The van der Waals surface area contributed by atoms with Crippen LogP contribution in [0.3, 0.4) is 0 Å². The van der Waals surface area contributed by atoms with Gasteiger partial charge in [0, 0.05) is 42.3 Å². The number of benzene rings is 2. The number of nitrogens with one attached hydrogen (secondary N) is 1. The van der Waals surface area contributed by atoms with Crippen LogP contribution < -0.4 is 15.0 Å². The fourth-order valence-electron chi connectivity index (χ4n) is 4.91. The van der Waals surface area contributed by atoms with E-state index in [4.69, 9.17) is 4.74 Å². The first-order valence-electron chi connectivity index (χ1n) is 13.5. The lowest BCUT2D eigenvalue weighted by Gasteiger charge is -2.17. The summed E-state index contributed by atoms with van der Waals surface area (Å²) in [4.78, 5) is 34.8. The van der Waals surface area contributed by atoms with Crippen molar-refractivity contribution in [1.29, 1.82) is 0 Å². The number of amides is 1. The zero-order chi connectivity index (χ0) is 28.7. The molecule has 0 unspecified atom stereocenters. The van der Waals surface area contributed by atoms with Gasteiger partial charge in [0.15, 0.2) is 0 Å². The molecule has 1 fully saturated rings. The predicted molar refractivity (Wildman–Crippen MR) is 161 cm³/mol. The van der Waals surface area contributed by atoms with E-state index in [0.29, 0.717) is 30.1 Å². The van der Waals surface area contributed by atoms with E-state index in [2.05, 4.69) is 37.1 Å². The van der Waals surface area contributed by atoms with Gasteiger partial charge < -0.3 is 19.5 Å². The summed E-state index contributed by atoms with van der Waals surface area (Å²) in [6.45, 7) is 4.67. The zero-order valence-electron chi connectivity index (χ0n) is 23.8. The molecule has 41 heavy (non-hydrogen) atoms. The molecule has 0 aliphatic carbocycles. The van der Waals surface area contributed by atoms with Crippen molar-refractivity contribution in [3.8, 4) is 11.5 Å². The van der Waals surface area contributed by atoms with E-state index < -0.39 is 0 Å². The molecule has 10 heteroatoms. The minimum Gasteiger partial charge on any atom is -0.457 e. The first-order chi connectivity index (χ1) is 19.8. The molecule has 1 saturated heterocycles. The normalized spacial score (nSPS) is 15.4. The standard InChI is InChI=1S/C31H32N8O2/c1-19-12-22(6-9-28(19)41-23-7-8-27-25(14-23)35-18-38(27)5)36-30-24-15-29(32-16-26(24)33-17-34-30)39-11-10-21(31(39)40)13-20(2)37(3)4/h6-9,12-18,20H,10-11H2,1-5H3,(H,33,34,36)/b21-13+/t20-/m1/s1. The Labute approximate surface area is 238 Å². The second-order valence-electron chi connectivity index (χ2n) is 10.6. The van der Waals surface area contributed by atoms with Crippen molar-refractivity contribution in [3.63, 3.8) is 0 Å². The van der Waals surface area contributed by atoms with Crippen molar-refractivity contribution in [3.05, 3.63) is 78.5 Å². The first kappa shape index (κ1) is 26.4. The second kappa shape index (κ2) is 10.6. The van der Waals surface area contributed by atoms with Crippen LogP contribution in [0, 0.1) is 6.92 Å². The third kappa shape index (κ3) is 5.21. The van der Waals surface area contributed by atoms with Gasteiger partial charge >= 0.3 is 0 Å². The number of aryl methyl sites for hydroxylation is 2. The molecule has 0 saturated carbocycles. The Hall–Kier alpha value is -4.83. The highest BCUT2D eigenvalue weighted by Gasteiger charge is 2.29. The van der Waals surface area contributed by atoms with Gasteiger partial charge in [0.25, 0.3) is 5.91 Å². The first-order valence-corrected chi connectivity index (χ1v) is 13.5. The molecule has 1 aliphatic rings. The van der Waals surface area contributed by atoms with E-state index in [1.54, 1.807) is 17.4 Å². The van der Waals surface area contributed by atoms with Gasteiger partial charge in [-0.15, -0.1) is 0 Å². The smallest absolute Gasteiger partial charge is 0.255 e. The van der Waals surface area contributed by atoms with E-state index >= 15 is 0 Å². The number of nitrogens with zero attached hydrogens (tertiary/aromatic N) is 7. The molecular formula is C31H32N8O2. The van der Waals surface area contributed by atoms with E-state index in [1.165, 1.54) is 6.33 Å². The molecular weight excluding hydrogens is 516 g/mol. The van der Waals surface area contributed by atoms with Crippen molar-refractivity contribution >= 4 is 45.2 Å². The summed E-state index contributed by atoms with van der Waals surface area (Å²) in [5.41, 5.74) is 5.26. The summed E-state index contributed by atoms with van der Waals surface area (Å²) in [7, 11) is 5.98. The minimum atomic E-state index is -0.00897. The summed E-state index contributed by atoms with van der Waals surface area (Å²) >= 11 is 0. The van der Waals surface area contributed by atoms with E-state index in [-0.39, 0.29) is 11.9 Å². The fourth-order valence-corrected chi connectivity index (χ4v) is 4.91. The van der Waals surface area contributed by atoms with Crippen LogP contribution in [-0.4, -0.2) is 62.0 Å². The van der Waals surface area contributed by atoms with E-state index in [0.717, 1.165) is 44.7 Å². The number of hydrogen-bond acceptors (Lipinski definition) is 8. The van der Waals surface area contributed by atoms with Crippen molar-refractivity contribution in [2.45, 2.75) is 26.3 Å². The SMILES string of the molecule is Cc1cc(Nc2ncnc3cnc(N4CC/C(=C\[C@@H](C)N(C)C)C4=O)cc23)ccc1Oc1ccc2c(c1)ncn2C. The maximum Gasteiger partial charge on any atom is 0.255 e. The Morgan fingerprint density at radius 1 is 1.05 bits per heavy atom. The number of carbonyl (C=O) groups is 1. The number of aromatic nitrogens is 5. The number of rotatable bonds is 7. The van der Waals surface area contributed by atoms with Crippen LogP contribution in [0.5, 0.6) is 11.5 Å². The van der Waals surface area contributed by atoms with Gasteiger partial charge in [-0.05, 0) is 76.3 Å². The van der Waals surface area contributed by atoms with Crippen molar-refractivity contribution < 1.29 is 9.53 Å². The Balaban J connectivity index is 1.23. The molecule has 208 valence electrons. The molecule has 10 nitrogen and oxygen atoms in total. The number of carbonyl (C=O) groups excluding carboxylic acids is 1. The molecule has 1 aliphatic heterocycles. The van der Waals surface area contributed by atoms with Gasteiger partial charge in [-0.1, -0.05) is 6.08 Å². The van der Waals surface area contributed by atoms with Crippen LogP contribution in [0.4, 0.5) is 17.3 Å². The molecule has 0 radical (unpaired) electrons. The Morgan fingerprint density at radius 3 is 2.71 bits per heavy atom. The van der Waals surface area contributed by atoms with Crippen molar-refractivity contribution in [1.82, 2.24) is 29.4 Å². The summed E-state index contributed by atoms with van der Waals surface area (Å²) in [5.74, 6) is 2.70. The van der Waals surface area contributed by atoms with Crippen LogP contribution in [0.2, 0.25) is 0 Å². The summed E-state index contributed by atoms with van der Waals surface area (Å²) in [6, 6.07) is 13.8. The fraction of sp³-hybridized carbons (Fsp3) is 0.258. The largest absolute Gasteiger partial charge is 0.457 e. The number of hydrogen-bond donors (Lipinski definition) is 1. The minimum absolute atomic E-state index is 0.00897. The highest BCUT2D eigenvalue weighted by Crippen LogP contribution is 2.32. The Bertz CT molecular complexity index is 1810. The number of fused-ring (bicyclic) bond motifs is 2. The molecule has 4 heterocycles. The van der Waals surface area contributed by atoms with E-state index in [1.807, 2.05) is 81.2 Å². The van der Waals surface area contributed by atoms with Gasteiger partial charge in [0.2, 0.25) is 0 Å². The third-order valence-corrected chi connectivity index (χ3v) is 7.53. The van der Waals surface area contributed by atoms with Crippen LogP contribution in [0.25, 0.3) is 21.9 Å². The number of imidazole rings is 1. The average molecular weight is 549 g/mol. The average Bonchev–Trinajstić information content (AvgIpc) is 3.51. The monoisotopic (exact) mass is 548 g/mol. The molecule has 5 aromatic rings. The van der Waals surface area contributed by atoms with Crippen LogP contribution >= 0.6 is 0 Å². The predicted octanol–water partition coefficient (Wildman–Crippen LogP) is 5.37. The highest BCUT2D eigenvalue weighted by molar-refractivity contribution is 6.08. The zero-order valence-corrected chi connectivity index (χ0v) is 23.8. The topological polar surface area (TPSA) is 101 Å². The Morgan fingerprint density at radius 2 is 1.90 bits per heavy atom. The molecule has 2 aromatic carbocycles. The lowest BCUT2D eigenvalue weighted by Crippen LogP contribution is -2.27. The second-order valence-corrected chi connectivity index (χ2v) is 10.6.